The first kappa shape index (κ1) is 15.7. The second-order valence-corrected chi connectivity index (χ2v) is 6.04. The van der Waals surface area contributed by atoms with Crippen molar-refractivity contribution >= 4 is 11.8 Å². The SMILES string of the molecule is O=C(c1cnccn1)N1Cc2ccnn2[C@H](C(=O)N2CCCCO2)C1. The lowest BCUT2D eigenvalue weighted by Crippen LogP contribution is -2.49. The van der Waals surface area contributed by atoms with Gasteiger partial charge in [-0.3, -0.25) is 24.1 Å². The van der Waals surface area contributed by atoms with Crippen molar-refractivity contribution in [3.8, 4) is 0 Å². The number of rotatable bonds is 2. The van der Waals surface area contributed by atoms with E-state index < -0.39 is 6.04 Å². The van der Waals surface area contributed by atoms with E-state index in [4.69, 9.17) is 4.84 Å². The molecule has 9 heteroatoms. The molecule has 0 bridgehead atoms. The molecule has 1 saturated heterocycles. The Morgan fingerprint density at radius 2 is 2.12 bits per heavy atom. The van der Waals surface area contributed by atoms with E-state index >= 15 is 0 Å². The van der Waals surface area contributed by atoms with Crippen molar-refractivity contribution < 1.29 is 14.4 Å². The molecule has 2 aromatic heterocycles. The second kappa shape index (κ2) is 6.60. The molecule has 0 aromatic carbocycles. The third-order valence-corrected chi connectivity index (χ3v) is 4.40. The van der Waals surface area contributed by atoms with E-state index in [1.165, 1.54) is 23.7 Å². The van der Waals surface area contributed by atoms with Crippen molar-refractivity contribution in [1.29, 1.82) is 0 Å². The van der Waals surface area contributed by atoms with E-state index in [1.807, 2.05) is 6.07 Å². The number of amides is 2. The van der Waals surface area contributed by atoms with Crippen LogP contribution in [-0.4, -0.2) is 61.2 Å². The fraction of sp³-hybridized carbons (Fsp3) is 0.438. The van der Waals surface area contributed by atoms with Crippen molar-refractivity contribution in [2.45, 2.75) is 25.4 Å². The highest BCUT2D eigenvalue weighted by molar-refractivity contribution is 5.92. The number of hydrogen-bond donors (Lipinski definition) is 0. The van der Waals surface area contributed by atoms with E-state index in [2.05, 4.69) is 15.1 Å². The highest BCUT2D eigenvalue weighted by atomic mass is 16.7. The van der Waals surface area contributed by atoms with Gasteiger partial charge in [-0.15, -0.1) is 0 Å². The van der Waals surface area contributed by atoms with Gasteiger partial charge in [0.15, 0.2) is 6.04 Å². The van der Waals surface area contributed by atoms with Crippen LogP contribution in [-0.2, 0) is 16.2 Å². The molecule has 2 aromatic rings. The lowest BCUT2D eigenvalue weighted by atomic mass is 10.1. The smallest absolute Gasteiger partial charge is 0.274 e. The predicted octanol–water partition coefficient (Wildman–Crippen LogP) is 0.424. The molecule has 9 nitrogen and oxygen atoms in total. The number of hydrogen-bond acceptors (Lipinski definition) is 6. The first-order chi connectivity index (χ1) is 12.2. The summed E-state index contributed by atoms with van der Waals surface area (Å²) in [5.41, 5.74) is 1.06. The molecule has 1 atom stereocenters. The fourth-order valence-electron chi connectivity index (χ4n) is 3.14. The van der Waals surface area contributed by atoms with E-state index in [1.54, 1.807) is 15.8 Å². The van der Waals surface area contributed by atoms with Crippen LogP contribution >= 0.6 is 0 Å². The summed E-state index contributed by atoms with van der Waals surface area (Å²) in [6.07, 6.45) is 7.92. The second-order valence-electron chi connectivity index (χ2n) is 6.04. The lowest BCUT2D eigenvalue weighted by molar-refractivity contribution is -0.201. The van der Waals surface area contributed by atoms with E-state index in [0.717, 1.165) is 18.5 Å². The Hall–Kier alpha value is -2.81. The van der Waals surface area contributed by atoms with Gasteiger partial charge in [0.25, 0.3) is 11.8 Å². The molecule has 4 heterocycles. The van der Waals surface area contributed by atoms with E-state index in [-0.39, 0.29) is 24.1 Å². The van der Waals surface area contributed by atoms with Crippen molar-refractivity contribution in [3.05, 3.63) is 42.2 Å². The van der Waals surface area contributed by atoms with E-state index in [0.29, 0.717) is 19.7 Å². The van der Waals surface area contributed by atoms with Crippen LogP contribution in [0.3, 0.4) is 0 Å². The van der Waals surface area contributed by atoms with Crippen LogP contribution in [0, 0.1) is 0 Å². The number of aromatic nitrogens is 4. The van der Waals surface area contributed by atoms with Crippen LogP contribution in [0.5, 0.6) is 0 Å². The lowest BCUT2D eigenvalue weighted by Gasteiger charge is -2.36. The maximum atomic E-state index is 12.9. The van der Waals surface area contributed by atoms with Crippen LogP contribution in [0.25, 0.3) is 0 Å². The Balaban J connectivity index is 1.59. The molecule has 2 aliphatic rings. The van der Waals surface area contributed by atoms with Gasteiger partial charge >= 0.3 is 0 Å². The van der Waals surface area contributed by atoms with Gasteiger partial charge in [-0.25, -0.2) is 10.0 Å². The summed E-state index contributed by atoms with van der Waals surface area (Å²) in [5.74, 6) is -0.431. The largest absolute Gasteiger partial charge is 0.329 e. The first-order valence-electron chi connectivity index (χ1n) is 8.26. The van der Waals surface area contributed by atoms with Gasteiger partial charge < -0.3 is 4.90 Å². The van der Waals surface area contributed by atoms with Crippen LogP contribution in [0.4, 0.5) is 0 Å². The van der Waals surface area contributed by atoms with Gasteiger partial charge in [0.2, 0.25) is 0 Å². The molecule has 0 radical (unpaired) electrons. The van der Waals surface area contributed by atoms with Crippen LogP contribution in [0.1, 0.15) is 35.1 Å². The molecule has 0 saturated carbocycles. The molecule has 0 aliphatic carbocycles. The number of fused-ring (bicyclic) bond motifs is 1. The minimum atomic E-state index is -0.600. The average Bonchev–Trinajstić information content (AvgIpc) is 3.16. The summed E-state index contributed by atoms with van der Waals surface area (Å²) >= 11 is 0. The van der Waals surface area contributed by atoms with Gasteiger partial charge in [-0.05, 0) is 18.9 Å². The minimum Gasteiger partial charge on any atom is -0.329 e. The summed E-state index contributed by atoms with van der Waals surface area (Å²) in [6, 6.07) is 1.21. The van der Waals surface area contributed by atoms with E-state index in [9.17, 15) is 9.59 Å². The number of hydroxylamine groups is 2. The number of carbonyl (C=O) groups is 2. The van der Waals surface area contributed by atoms with Gasteiger partial charge in [0.1, 0.15) is 5.69 Å². The molecular weight excluding hydrogens is 324 g/mol. The van der Waals surface area contributed by atoms with Crippen LogP contribution in [0.15, 0.2) is 30.9 Å². The van der Waals surface area contributed by atoms with Gasteiger partial charge in [-0.2, -0.15) is 5.10 Å². The fourth-order valence-corrected chi connectivity index (χ4v) is 3.14. The van der Waals surface area contributed by atoms with Crippen LogP contribution in [0.2, 0.25) is 0 Å². The average molecular weight is 342 g/mol. The molecule has 0 unspecified atom stereocenters. The van der Waals surface area contributed by atoms with Crippen LogP contribution < -0.4 is 0 Å². The molecule has 2 amide bonds. The Morgan fingerprint density at radius 3 is 2.88 bits per heavy atom. The van der Waals surface area contributed by atoms with Gasteiger partial charge in [-0.1, -0.05) is 0 Å². The summed E-state index contributed by atoms with van der Waals surface area (Å²) < 4.78 is 1.68. The molecule has 25 heavy (non-hydrogen) atoms. The quantitative estimate of drug-likeness (QED) is 0.785. The maximum Gasteiger partial charge on any atom is 0.274 e. The Kier molecular flexibility index (Phi) is 4.14. The minimum absolute atomic E-state index is 0.179. The summed E-state index contributed by atoms with van der Waals surface area (Å²) in [5, 5.41) is 5.67. The predicted molar refractivity (Wildman–Crippen MR) is 84.9 cm³/mol. The third kappa shape index (κ3) is 2.98. The number of carbonyl (C=O) groups excluding carboxylic acids is 2. The standard InChI is InChI=1S/C16H18N6O3/c23-15(13-9-17-5-6-18-13)20-10-12-3-4-19-22(12)14(11-20)16(24)21-7-1-2-8-25-21/h3-6,9,14H,1-2,7-8,10-11H2/t14-/m0/s1. The molecule has 0 spiro atoms. The monoisotopic (exact) mass is 342 g/mol. The zero-order chi connectivity index (χ0) is 17.2. The van der Waals surface area contributed by atoms with Gasteiger partial charge in [0.05, 0.1) is 31.6 Å². The van der Waals surface area contributed by atoms with Crippen molar-refractivity contribution in [2.24, 2.45) is 0 Å². The molecule has 2 aliphatic heterocycles. The Bertz CT molecular complexity index is 771. The molecular formula is C16H18N6O3. The summed E-state index contributed by atoms with van der Waals surface area (Å²) in [7, 11) is 0. The normalized spacial score (nSPS) is 20.2. The summed E-state index contributed by atoms with van der Waals surface area (Å²) in [6.45, 7) is 1.69. The molecule has 130 valence electrons. The molecule has 4 rings (SSSR count). The molecule has 1 fully saturated rings. The third-order valence-electron chi connectivity index (χ3n) is 4.40. The molecule has 0 N–H and O–H groups in total. The highest BCUT2D eigenvalue weighted by Gasteiger charge is 2.37. The zero-order valence-electron chi connectivity index (χ0n) is 13.6. The first-order valence-corrected chi connectivity index (χ1v) is 8.26. The number of nitrogens with zero attached hydrogens (tertiary/aromatic N) is 6. The van der Waals surface area contributed by atoms with Crippen molar-refractivity contribution in [2.75, 3.05) is 19.7 Å². The van der Waals surface area contributed by atoms with Gasteiger partial charge in [0, 0.05) is 25.1 Å². The summed E-state index contributed by atoms with van der Waals surface area (Å²) in [4.78, 5) is 40.7. The Morgan fingerprint density at radius 1 is 1.20 bits per heavy atom. The highest BCUT2D eigenvalue weighted by Crippen LogP contribution is 2.24. The Labute approximate surface area is 144 Å². The zero-order valence-corrected chi connectivity index (χ0v) is 13.6. The maximum absolute atomic E-state index is 12.9. The van der Waals surface area contributed by atoms with Crippen molar-refractivity contribution in [1.82, 2.24) is 29.7 Å². The topological polar surface area (TPSA) is 93.5 Å². The van der Waals surface area contributed by atoms with Crippen molar-refractivity contribution in [3.63, 3.8) is 0 Å².